The average Bonchev–Trinajstić information content (AvgIpc) is 3.77. The van der Waals surface area contributed by atoms with Crippen molar-refractivity contribution < 1.29 is 77.4 Å². The highest BCUT2D eigenvalue weighted by molar-refractivity contribution is 8.00. The molecular weight excluding hydrogens is 1170 g/mol. The molecule has 76 heavy (non-hydrogen) atoms. The standard InChI is InChI=1S/C24H19Cl3N2O8S.C20H15Cl3N2O5S.C4H4O3/c25-12-1-3-15(14(27)7-12)37-16-4-2-13(26)8-17(16)36-9-11-10-38-23-20(28-18(30)5-6-19(31)32)22(33)29(23)21(11)24(34)35;21-10-1-3-13(12(23)5-10)30-14-4-2-11(22)6-15(14)29-7-9-8-31-19-16(24)18(26)25(19)17(9)20(27)28;5-3-1-2-4(6)7-3/h1-4,7-8,20,23H,5-6,9-10H2,(H,28,30)(H,31,32)(H,34,35);1-6,16,19H,7-8,24H2,(H,27,28);1-2H2/t20-,23-;16-,19-;/m11./s1. The third-order valence-corrected chi connectivity index (χ3v) is 15.3. The molecule has 0 bridgehead atoms. The average molecular weight is 1200 g/mol. The molecule has 3 fully saturated rings. The van der Waals surface area contributed by atoms with Gasteiger partial charge in [0.15, 0.2) is 23.0 Å². The van der Waals surface area contributed by atoms with E-state index in [1.807, 2.05) is 0 Å². The highest BCUT2D eigenvalue weighted by atomic mass is 35.5. The summed E-state index contributed by atoms with van der Waals surface area (Å²) in [6.45, 7) is -0.267. The van der Waals surface area contributed by atoms with Crippen molar-refractivity contribution >= 4 is 141 Å². The molecule has 20 nitrogen and oxygen atoms in total. The molecule has 5 heterocycles. The minimum absolute atomic E-state index is 0.0780. The third kappa shape index (κ3) is 13.9. The smallest absolute Gasteiger partial charge is 0.352 e. The van der Waals surface area contributed by atoms with Crippen LogP contribution in [-0.4, -0.2) is 120 Å². The van der Waals surface area contributed by atoms with Crippen molar-refractivity contribution in [2.75, 3.05) is 24.7 Å². The van der Waals surface area contributed by atoms with E-state index in [-0.39, 0.29) is 83.7 Å². The summed E-state index contributed by atoms with van der Waals surface area (Å²) in [5, 5.41) is 31.9. The zero-order valence-corrected chi connectivity index (χ0v) is 44.8. The highest BCUT2D eigenvalue weighted by Gasteiger charge is 2.54. The Morgan fingerprint density at radius 3 is 1.42 bits per heavy atom. The van der Waals surface area contributed by atoms with E-state index in [4.69, 9.17) is 99.4 Å². The van der Waals surface area contributed by atoms with Gasteiger partial charge in [0.05, 0.1) is 29.3 Å². The van der Waals surface area contributed by atoms with Gasteiger partial charge in [-0.2, -0.15) is 0 Å². The van der Waals surface area contributed by atoms with E-state index in [0.29, 0.717) is 59.3 Å². The Morgan fingerprint density at radius 1 is 0.592 bits per heavy atom. The highest BCUT2D eigenvalue weighted by Crippen LogP contribution is 2.44. The number of cyclic esters (lactones) is 2. The number of nitrogens with zero attached hydrogens (tertiary/aromatic N) is 2. The number of ether oxygens (including phenoxy) is 5. The Bertz CT molecular complexity index is 3100. The maximum Gasteiger partial charge on any atom is 0.352 e. The van der Waals surface area contributed by atoms with Gasteiger partial charge in [-0.25, -0.2) is 9.59 Å². The molecule has 6 N–H and O–H groups in total. The van der Waals surface area contributed by atoms with Crippen LogP contribution >= 0.6 is 93.1 Å². The van der Waals surface area contributed by atoms with Crippen molar-refractivity contribution in [3.63, 3.8) is 0 Å². The van der Waals surface area contributed by atoms with Gasteiger partial charge >= 0.3 is 29.8 Å². The first-order valence-corrected chi connectivity index (χ1v) is 26.4. The number of carbonyl (C=O) groups excluding carboxylic acids is 5. The first kappa shape index (κ1) is 57.6. The lowest BCUT2D eigenvalue weighted by Crippen LogP contribution is -2.70. The van der Waals surface area contributed by atoms with E-state index in [1.165, 1.54) is 40.6 Å². The van der Waals surface area contributed by atoms with Gasteiger partial charge in [-0.05, 0) is 60.7 Å². The van der Waals surface area contributed by atoms with Gasteiger partial charge in [-0.3, -0.25) is 38.6 Å². The molecule has 28 heteroatoms. The van der Waals surface area contributed by atoms with Crippen molar-refractivity contribution in [1.82, 2.24) is 15.1 Å². The summed E-state index contributed by atoms with van der Waals surface area (Å²) >= 11 is 39.1. The minimum atomic E-state index is -1.33. The number of hydrogen-bond donors (Lipinski definition) is 5. The molecule has 0 spiro atoms. The van der Waals surface area contributed by atoms with Crippen LogP contribution in [0.4, 0.5) is 0 Å². The number of nitrogens with one attached hydrogen (secondary N) is 1. The van der Waals surface area contributed by atoms with Crippen molar-refractivity contribution in [2.45, 2.75) is 48.5 Å². The maximum atomic E-state index is 12.7. The molecule has 5 aliphatic heterocycles. The molecule has 3 amide bonds. The minimum Gasteiger partial charge on any atom is -0.485 e. The zero-order valence-electron chi connectivity index (χ0n) is 38.6. The Labute approximate surface area is 469 Å². The SMILES string of the molecule is N[C@@H]1C(=O)N2C(C(=O)O)=C(COc3cc(Cl)ccc3Oc3ccc(Cl)cc3Cl)CS[C@H]12.O=C(O)CCC(=O)N[C@@H]1C(=O)N2C(C(=O)O)=C(COc3cc(Cl)ccc3Oc3ccc(Cl)cc3Cl)CS[C@H]12.O=C1CCC(=O)O1. The number of thioether (sulfide) groups is 2. The monoisotopic (exact) mass is 1200 g/mol. The fourth-order valence-electron chi connectivity index (χ4n) is 7.43. The first-order chi connectivity index (χ1) is 36.1. The first-order valence-electron chi connectivity index (χ1n) is 22.0. The van der Waals surface area contributed by atoms with Crippen LogP contribution in [-0.2, 0) is 43.1 Å². The number of nitrogens with two attached hydrogens (primary N) is 1. The summed E-state index contributed by atoms with van der Waals surface area (Å²) in [6, 6.07) is 17.3. The number of esters is 2. The van der Waals surface area contributed by atoms with E-state index in [0.717, 1.165) is 4.90 Å². The molecule has 4 aromatic carbocycles. The second-order valence-electron chi connectivity index (χ2n) is 16.3. The van der Waals surface area contributed by atoms with Gasteiger partial charge < -0.3 is 50.1 Å². The molecule has 4 aromatic rings. The van der Waals surface area contributed by atoms with E-state index in [1.54, 1.807) is 60.7 Å². The lowest BCUT2D eigenvalue weighted by atomic mass is 10.0. The van der Waals surface area contributed by atoms with Gasteiger partial charge in [0.1, 0.15) is 58.9 Å². The summed E-state index contributed by atoms with van der Waals surface area (Å²) in [6.07, 6.45) is -0.143. The number of fused-ring (bicyclic) bond motifs is 2. The topological polar surface area (TPSA) is 288 Å². The molecule has 4 atom stereocenters. The number of hydrogen-bond acceptors (Lipinski definition) is 16. The Balaban J connectivity index is 0.000000198. The number of halogens is 6. The number of rotatable bonds is 16. The Morgan fingerprint density at radius 2 is 1.01 bits per heavy atom. The van der Waals surface area contributed by atoms with Crippen molar-refractivity contribution in [3.8, 4) is 34.5 Å². The predicted molar refractivity (Wildman–Crippen MR) is 280 cm³/mol. The summed E-state index contributed by atoms with van der Waals surface area (Å²) < 4.78 is 27.5. The zero-order chi connectivity index (χ0) is 55.1. The summed E-state index contributed by atoms with van der Waals surface area (Å²) in [7, 11) is 0. The second-order valence-corrected chi connectivity index (χ2v) is 21.0. The van der Waals surface area contributed by atoms with E-state index in [9.17, 15) is 48.6 Å². The molecule has 0 radical (unpaired) electrons. The van der Waals surface area contributed by atoms with Crippen LogP contribution in [0, 0.1) is 0 Å². The molecule has 0 saturated carbocycles. The van der Waals surface area contributed by atoms with E-state index in [2.05, 4.69) is 10.1 Å². The van der Waals surface area contributed by atoms with Gasteiger partial charge in [0.2, 0.25) is 11.8 Å². The molecule has 3 saturated heterocycles. The molecule has 0 aromatic heterocycles. The number of carbonyl (C=O) groups is 8. The van der Waals surface area contributed by atoms with Crippen molar-refractivity contribution in [3.05, 3.63) is 125 Å². The maximum absolute atomic E-state index is 12.7. The van der Waals surface area contributed by atoms with E-state index >= 15 is 0 Å². The molecule has 400 valence electrons. The van der Waals surface area contributed by atoms with Crippen LogP contribution in [0.2, 0.25) is 30.1 Å². The lowest BCUT2D eigenvalue weighted by molar-refractivity contribution is -0.152. The Hall–Kier alpha value is -6.08. The fraction of sp³-hybridized carbons (Fsp3) is 0.250. The van der Waals surface area contributed by atoms with Gasteiger partial charge in [-0.15, -0.1) is 23.5 Å². The van der Waals surface area contributed by atoms with Crippen LogP contribution in [0.5, 0.6) is 34.5 Å². The molecule has 0 unspecified atom stereocenters. The van der Waals surface area contributed by atoms with Gasteiger partial charge in [0.25, 0.3) is 5.91 Å². The Kier molecular flexibility index (Phi) is 19.2. The molecule has 0 aliphatic carbocycles. The van der Waals surface area contributed by atoms with Crippen LogP contribution in [0.15, 0.2) is 95.3 Å². The third-order valence-electron chi connectivity index (χ3n) is 11.0. The number of β-lactam (4-membered cyclic amide) rings is 2. The molecular formula is C48H38Cl6N4O16S2. The summed E-state index contributed by atoms with van der Waals surface area (Å²) in [5.41, 5.74) is 6.22. The summed E-state index contributed by atoms with van der Waals surface area (Å²) in [4.78, 5) is 93.7. The van der Waals surface area contributed by atoms with Gasteiger partial charge in [-0.1, -0.05) is 69.6 Å². The number of amides is 3. The number of aliphatic carboxylic acids is 3. The van der Waals surface area contributed by atoms with Crippen LogP contribution in [0.25, 0.3) is 0 Å². The van der Waals surface area contributed by atoms with Crippen LogP contribution in [0.1, 0.15) is 25.7 Å². The normalized spacial score (nSPS) is 19.3. The van der Waals surface area contributed by atoms with E-state index < -0.39 is 65.0 Å². The van der Waals surface area contributed by atoms with Crippen LogP contribution in [0.3, 0.4) is 0 Å². The molecule has 9 rings (SSSR count). The van der Waals surface area contributed by atoms with Crippen molar-refractivity contribution in [2.24, 2.45) is 5.73 Å². The lowest BCUT2D eigenvalue weighted by Gasteiger charge is -2.49. The number of benzene rings is 4. The quantitative estimate of drug-likeness (QED) is 0.0398. The molecule has 5 aliphatic rings. The largest absolute Gasteiger partial charge is 0.485 e. The number of carboxylic acids is 3. The number of carboxylic acid groups (broad SMARTS) is 3. The predicted octanol–water partition coefficient (Wildman–Crippen LogP) is 8.67. The van der Waals surface area contributed by atoms with Crippen LogP contribution < -0.4 is 30.0 Å². The summed E-state index contributed by atoms with van der Waals surface area (Å²) in [5.74, 6) is -3.76. The second kappa shape index (κ2) is 25.4. The van der Waals surface area contributed by atoms with Gasteiger partial charge in [0, 0.05) is 61.3 Å². The fourth-order valence-corrected chi connectivity index (χ4v) is 11.2. The van der Waals surface area contributed by atoms with Crippen molar-refractivity contribution in [1.29, 1.82) is 0 Å².